The van der Waals surface area contributed by atoms with Gasteiger partial charge in [-0.05, 0) is 46.3 Å². The van der Waals surface area contributed by atoms with Gasteiger partial charge in [-0.3, -0.25) is 0 Å². The van der Waals surface area contributed by atoms with Gasteiger partial charge in [0.2, 0.25) is 0 Å². The summed E-state index contributed by atoms with van der Waals surface area (Å²) in [6.45, 7) is 5.79. The Kier molecular flexibility index (Phi) is 3.26. The summed E-state index contributed by atoms with van der Waals surface area (Å²) in [6, 6.07) is 2.13. The largest absolute Gasteiger partial charge is 0.489 e. The molecule has 0 saturated heterocycles. The molecule has 0 bridgehead atoms. The van der Waals surface area contributed by atoms with Gasteiger partial charge in [0.05, 0.1) is 17.7 Å². The number of fused-ring (bicyclic) bond motifs is 1. The Hall–Kier alpha value is -0.740. The molecule has 2 aliphatic rings. The van der Waals surface area contributed by atoms with Crippen LogP contribution < -0.4 is 15.2 Å². The lowest BCUT2D eigenvalue weighted by Gasteiger charge is -2.23. The lowest BCUT2D eigenvalue weighted by Crippen LogP contribution is -2.22. The number of halogens is 1. The fourth-order valence-corrected chi connectivity index (χ4v) is 3.22. The van der Waals surface area contributed by atoms with Crippen molar-refractivity contribution >= 4 is 15.9 Å². The van der Waals surface area contributed by atoms with Gasteiger partial charge in [-0.2, -0.15) is 0 Å². The first-order valence-electron chi connectivity index (χ1n) is 6.94. The molecular formula is C15H20BrNO2. The molecule has 1 aromatic rings. The Balaban J connectivity index is 2.21. The number of ether oxygens (including phenoxy) is 2. The van der Waals surface area contributed by atoms with Crippen LogP contribution in [-0.2, 0) is 5.54 Å². The molecule has 2 N–H and O–H groups in total. The van der Waals surface area contributed by atoms with Crippen LogP contribution >= 0.6 is 15.9 Å². The van der Waals surface area contributed by atoms with E-state index in [2.05, 4.69) is 35.8 Å². The fraction of sp³-hybridized carbons (Fsp3) is 0.600. The molecule has 1 saturated carbocycles. The van der Waals surface area contributed by atoms with Crippen LogP contribution in [0, 0.1) is 0 Å². The van der Waals surface area contributed by atoms with E-state index in [-0.39, 0.29) is 5.54 Å². The Bertz CT molecular complexity index is 509. The Morgan fingerprint density at radius 2 is 1.84 bits per heavy atom. The summed E-state index contributed by atoms with van der Waals surface area (Å²) in [5.74, 6) is 2.11. The quantitative estimate of drug-likeness (QED) is 0.902. The normalized spacial score (nSPS) is 20.3. The standard InChI is InChI=1S/C15H20BrNO2/c1-9(2)12-10(15(17)4-5-15)8-11(16)13-14(12)19-7-3-6-18-13/h8-9H,3-7,17H2,1-2H3. The summed E-state index contributed by atoms with van der Waals surface area (Å²) >= 11 is 3.61. The zero-order valence-corrected chi connectivity index (χ0v) is 13.0. The Morgan fingerprint density at radius 1 is 1.21 bits per heavy atom. The number of hydrogen-bond acceptors (Lipinski definition) is 3. The van der Waals surface area contributed by atoms with E-state index in [0.29, 0.717) is 19.1 Å². The average molecular weight is 326 g/mol. The summed E-state index contributed by atoms with van der Waals surface area (Å²) in [4.78, 5) is 0. The molecular weight excluding hydrogens is 306 g/mol. The SMILES string of the molecule is CC(C)c1c(C2(N)CC2)cc(Br)c2c1OCCCO2. The Morgan fingerprint density at radius 3 is 2.42 bits per heavy atom. The third-order valence-corrected chi connectivity index (χ3v) is 4.50. The smallest absolute Gasteiger partial charge is 0.175 e. The van der Waals surface area contributed by atoms with Gasteiger partial charge in [0, 0.05) is 17.5 Å². The van der Waals surface area contributed by atoms with Gasteiger partial charge in [0.1, 0.15) is 0 Å². The van der Waals surface area contributed by atoms with Crippen LogP contribution in [0.15, 0.2) is 10.5 Å². The fourth-order valence-electron chi connectivity index (χ4n) is 2.70. The van der Waals surface area contributed by atoms with Gasteiger partial charge in [0.25, 0.3) is 0 Å². The highest BCUT2D eigenvalue weighted by Gasteiger charge is 2.43. The van der Waals surface area contributed by atoms with Crippen LogP contribution in [0.2, 0.25) is 0 Å². The summed E-state index contributed by atoms with van der Waals surface area (Å²) < 4.78 is 12.8. The van der Waals surface area contributed by atoms with E-state index in [1.54, 1.807) is 0 Å². The first-order valence-corrected chi connectivity index (χ1v) is 7.73. The summed E-state index contributed by atoms with van der Waals surface area (Å²) in [7, 11) is 0. The third kappa shape index (κ3) is 2.25. The lowest BCUT2D eigenvalue weighted by molar-refractivity contribution is 0.295. The minimum atomic E-state index is -0.160. The highest BCUT2D eigenvalue weighted by Crippen LogP contribution is 2.52. The van der Waals surface area contributed by atoms with Crippen molar-refractivity contribution in [1.82, 2.24) is 0 Å². The van der Waals surface area contributed by atoms with E-state index in [0.717, 1.165) is 35.2 Å². The van der Waals surface area contributed by atoms with Crippen molar-refractivity contribution < 1.29 is 9.47 Å². The van der Waals surface area contributed by atoms with Crippen molar-refractivity contribution in [2.45, 2.75) is 44.6 Å². The molecule has 0 amide bonds. The number of hydrogen-bond donors (Lipinski definition) is 1. The summed E-state index contributed by atoms with van der Waals surface area (Å²) in [6.07, 6.45) is 3.03. The van der Waals surface area contributed by atoms with Crippen molar-refractivity contribution in [3.8, 4) is 11.5 Å². The molecule has 0 unspecified atom stereocenters. The molecule has 0 aromatic heterocycles. The minimum absolute atomic E-state index is 0.160. The van der Waals surface area contributed by atoms with E-state index >= 15 is 0 Å². The Labute approximate surface area is 122 Å². The van der Waals surface area contributed by atoms with Crippen LogP contribution in [0.3, 0.4) is 0 Å². The summed E-state index contributed by atoms with van der Waals surface area (Å²) in [5, 5.41) is 0. The molecule has 4 heteroatoms. The van der Waals surface area contributed by atoms with Gasteiger partial charge in [-0.1, -0.05) is 13.8 Å². The number of benzene rings is 1. The van der Waals surface area contributed by atoms with Crippen LogP contribution in [0.1, 0.15) is 50.2 Å². The molecule has 3 rings (SSSR count). The van der Waals surface area contributed by atoms with Crippen molar-refractivity contribution in [2.75, 3.05) is 13.2 Å². The molecule has 1 aliphatic heterocycles. The molecule has 3 nitrogen and oxygen atoms in total. The van der Waals surface area contributed by atoms with Gasteiger partial charge in [-0.15, -0.1) is 0 Å². The average Bonchev–Trinajstić information content (AvgIpc) is 3.12. The highest BCUT2D eigenvalue weighted by atomic mass is 79.9. The zero-order chi connectivity index (χ0) is 13.6. The van der Waals surface area contributed by atoms with Crippen LogP contribution in [0.5, 0.6) is 11.5 Å². The maximum absolute atomic E-state index is 6.43. The second-order valence-corrected chi connectivity index (χ2v) is 6.69. The van der Waals surface area contributed by atoms with Gasteiger partial charge in [0.15, 0.2) is 11.5 Å². The van der Waals surface area contributed by atoms with Crippen LogP contribution in [0.25, 0.3) is 0 Å². The maximum atomic E-state index is 6.43. The predicted molar refractivity (Wildman–Crippen MR) is 78.9 cm³/mol. The van der Waals surface area contributed by atoms with E-state index in [9.17, 15) is 0 Å². The number of nitrogens with two attached hydrogens (primary N) is 1. The summed E-state index contributed by atoms with van der Waals surface area (Å²) in [5.41, 5.74) is 8.71. The van der Waals surface area contributed by atoms with Gasteiger partial charge < -0.3 is 15.2 Å². The van der Waals surface area contributed by atoms with Crippen molar-refractivity contribution in [2.24, 2.45) is 5.73 Å². The molecule has 19 heavy (non-hydrogen) atoms. The molecule has 1 aromatic carbocycles. The van der Waals surface area contributed by atoms with Crippen LogP contribution in [-0.4, -0.2) is 13.2 Å². The molecule has 1 aliphatic carbocycles. The second kappa shape index (κ2) is 4.67. The zero-order valence-electron chi connectivity index (χ0n) is 11.5. The minimum Gasteiger partial charge on any atom is -0.489 e. The maximum Gasteiger partial charge on any atom is 0.175 e. The third-order valence-electron chi connectivity index (χ3n) is 3.91. The molecule has 1 fully saturated rings. The van der Waals surface area contributed by atoms with E-state index in [4.69, 9.17) is 15.2 Å². The van der Waals surface area contributed by atoms with Gasteiger partial charge in [-0.25, -0.2) is 0 Å². The van der Waals surface area contributed by atoms with Crippen molar-refractivity contribution in [3.05, 3.63) is 21.7 Å². The highest BCUT2D eigenvalue weighted by molar-refractivity contribution is 9.10. The molecule has 0 atom stereocenters. The van der Waals surface area contributed by atoms with Crippen molar-refractivity contribution in [3.63, 3.8) is 0 Å². The van der Waals surface area contributed by atoms with Gasteiger partial charge >= 0.3 is 0 Å². The first kappa shape index (κ1) is 13.3. The predicted octanol–water partition coefficient (Wildman–Crippen LogP) is 3.68. The van der Waals surface area contributed by atoms with Crippen molar-refractivity contribution in [1.29, 1.82) is 0 Å². The molecule has 0 radical (unpaired) electrons. The number of rotatable bonds is 2. The topological polar surface area (TPSA) is 44.5 Å². The monoisotopic (exact) mass is 325 g/mol. The van der Waals surface area contributed by atoms with E-state index < -0.39 is 0 Å². The molecule has 1 heterocycles. The molecule has 0 spiro atoms. The first-order chi connectivity index (χ1) is 9.03. The van der Waals surface area contributed by atoms with E-state index in [1.165, 1.54) is 11.1 Å². The lowest BCUT2D eigenvalue weighted by atomic mass is 9.90. The van der Waals surface area contributed by atoms with E-state index in [1.807, 2.05) is 0 Å². The second-order valence-electron chi connectivity index (χ2n) is 5.84. The molecule has 104 valence electrons. The van der Waals surface area contributed by atoms with Crippen LogP contribution in [0.4, 0.5) is 0 Å².